The van der Waals surface area contributed by atoms with Crippen molar-refractivity contribution in [2.45, 2.75) is 25.2 Å². The van der Waals surface area contributed by atoms with E-state index in [1.54, 1.807) is 24.1 Å². The number of amides is 1. The van der Waals surface area contributed by atoms with Crippen molar-refractivity contribution in [2.75, 3.05) is 13.6 Å². The summed E-state index contributed by atoms with van der Waals surface area (Å²) in [5, 5.41) is 8.57. The van der Waals surface area contributed by atoms with E-state index in [9.17, 15) is 14.0 Å². The summed E-state index contributed by atoms with van der Waals surface area (Å²) < 4.78 is 12.8. The van der Waals surface area contributed by atoms with Crippen LogP contribution in [0.15, 0.2) is 24.3 Å². The molecule has 2 rings (SSSR count). The predicted octanol–water partition coefficient (Wildman–Crippen LogP) is 2.25. The molecule has 20 heavy (non-hydrogen) atoms. The molecule has 0 heterocycles. The summed E-state index contributed by atoms with van der Waals surface area (Å²) in [6.07, 6.45) is 1.32. The zero-order chi connectivity index (χ0) is 14.7. The summed E-state index contributed by atoms with van der Waals surface area (Å²) >= 11 is 0. The minimum atomic E-state index is -0.846. The van der Waals surface area contributed by atoms with E-state index in [0.717, 1.165) is 12.0 Å². The third kappa shape index (κ3) is 3.56. The lowest BCUT2D eigenvalue weighted by atomic mass is 10.1. The fourth-order valence-corrected chi connectivity index (χ4v) is 2.41. The number of aliphatic carboxylic acids is 1. The van der Waals surface area contributed by atoms with Crippen molar-refractivity contribution in [3.05, 3.63) is 35.6 Å². The molecule has 2 unspecified atom stereocenters. The van der Waals surface area contributed by atoms with Gasteiger partial charge in [0.1, 0.15) is 5.82 Å². The van der Waals surface area contributed by atoms with Gasteiger partial charge in [-0.3, -0.25) is 9.59 Å². The van der Waals surface area contributed by atoms with Gasteiger partial charge in [0, 0.05) is 25.9 Å². The fraction of sp³-hybridized carbons (Fsp3) is 0.467. The van der Waals surface area contributed by atoms with Crippen LogP contribution in [0.2, 0.25) is 0 Å². The first-order chi connectivity index (χ1) is 9.49. The number of hydrogen-bond donors (Lipinski definition) is 1. The Morgan fingerprint density at radius 3 is 2.60 bits per heavy atom. The van der Waals surface area contributed by atoms with Crippen molar-refractivity contribution in [1.29, 1.82) is 0 Å². The normalized spacial score (nSPS) is 20.5. The summed E-state index contributed by atoms with van der Waals surface area (Å²) in [6.45, 7) is 0.456. The van der Waals surface area contributed by atoms with Crippen LogP contribution in [0.1, 0.15) is 30.7 Å². The molecule has 5 heteroatoms. The quantitative estimate of drug-likeness (QED) is 0.869. The van der Waals surface area contributed by atoms with Gasteiger partial charge in [0.15, 0.2) is 0 Å². The molecule has 108 valence electrons. The van der Waals surface area contributed by atoms with Crippen LogP contribution in [0.25, 0.3) is 0 Å². The number of hydrogen-bond acceptors (Lipinski definition) is 2. The van der Waals surface area contributed by atoms with E-state index >= 15 is 0 Å². The Morgan fingerprint density at radius 1 is 1.35 bits per heavy atom. The highest BCUT2D eigenvalue weighted by Gasteiger charge is 2.44. The molecule has 0 aliphatic heterocycles. The second kappa shape index (κ2) is 6.03. The molecule has 1 aromatic rings. The Kier molecular flexibility index (Phi) is 4.37. The molecular weight excluding hydrogens is 261 g/mol. The van der Waals surface area contributed by atoms with Gasteiger partial charge in [-0.25, -0.2) is 4.39 Å². The standard InChI is InChI=1S/C15H18FNO3/c1-17(8-2-3-14(18)19)15(20)13-9-12(13)10-4-6-11(16)7-5-10/h4-7,12-13H,2-3,8-9H2,1H3,(H,18,19). The Bertz CT molecular complexity index is 500. The monoisotopic (exact) mass is 279 g/mol. The highest BCUT2D eigenvalue weighted by Crippen LogP contribution is 2.48. The van der Waals surface area contributed by atoms with Gasteiger partial charge in [0.25, 0.3) is 0 Å². The summed E-state index contributed by atoms with van der Waals surface area (Å²) in [6, 6.07) is 6.26. The minimum absolute atomic E-state index is 0.0460. The minimum Gasteiger partial charge on any atom is -0.481 e. The van der Waals surface area contributed by atoms with E-state index in [1.807, 2.05) is 0 Å². The van der Waals surface area contributed by atoms with E-state index in [2.05, 4.69) is 0 Å². The number of halogens is 1. The van der Waals surface area contributed by atoms with Crippen LogP contribution < -0.4 is 0 Å². The first kappa shape index (κ1) is 14.5. The number of carbonyl (C=O) groups excluding carboxylic acids is 1. The summed E-state index contributed by atoms with van der Waals surface area (Å²) in [5.41, 5.74) is 0.990. The largest absolute Gasteiger partial charge is 0.481 e. The first-order valence-corrected chi connectivity index (χ1v) is 6.71. The molecule has 0 bridgehead atoms. The van der Waals surface area contributed by atoms with Gasteiger partial charge < -0.3 is 10.0 Å². The average Bonchev–Trinajstić information content (AvgIpc) is 3.18. The number of carboxylic acid groups (broad SMARTS) is 1. The number of carboxylic acids is 1. The van der Waals surface area contributed by atoms with E-state index in [0.29, 0.717) is 13.0 Å². The Hall–Kier alpha value is -1.91. The van der Waals surface area contributed by atoms with Gasteiger partial charge in [-0.15, -0.1) is 0 Å². The fourth-order valence-electron chi connectivity index (χ4n) is 2.41. The Balaban J connectivity index is 1.83. The molecule has 1 aliphatic rings. The summed E-state index contributed by atoms with van der Waals surface area (Å²) in [7, 11) is 1.70. The van der Waals surface area contributed by atoms with Crippen LogP contribution >= 0.6 is 0 Å². The molecule has 0 saturated heterocycles. The summed E-state index contributed by atoms with van der Waals surface area (Å²) in [4.78, 5) is 24.2. The van der Waals surface area contributed by atoms with E-state index in [1.165, 1.54) is 12.1 Å². The summed E-state index contributed by atoms with van der Waals surface area (Å²) in [5.74, 6) is -0.949. The molecule has 1 N–H and O–H groups in total. The van der Waals surface area contributed by atoms with Gasteiger partial charge >= 0.3 is 5.97 Å². The molecule has 4 nitrogen and oxygen atoms in total. The number of nitrogens with zero attached hydrogens (tertiary/aromatic N) is 1. The SMILES string of the molecule is CN(CCCC(=O)O)C(=O)C1CC1c1ccc(F)cc1. The highest BCUT2D eigenvalue weighted by atomic mass is 19.1. The maximum atomic E-state index is 12.8. The number of benzene rings is 1. The molecular formula is C15H18FNO3. The first-order valence-electron chi connectivity index (χ1n) is 6.71. The molecule has 0 spiro atoms. The third-order valence-electron chi connectivity index (χ3n) is 3.67. The van der Waals surface area contributed by atoms with Crippen molar-refractivity contribution in [3.8, 4) is 0 Å². The predicted molar refractivity (Wildman–Crippen MR) is 71.8 cm³/mol. The molecule has 2 atom stereocenters. The van der Waals surface area contributed by atoms with Crippen molar-refractivity contribution in [2.24, 2.45) is 5.92 Å². The molecule has 1 fully saturated rings. The molecule has 0 radical (unpaired) electrons. The lowest BCUT2D eigenvalue weighted by Crippen LogP contribution is -2.29. The lowest BCUT2D eigenvalue weighted by Gasteiger charge is -2.16. The molecule has 1 aromatic carbocycles. The zero-order valence-corrected chi connectivity index (χ0v) is 11.4. The molecule has 1 amide bonds. The van der Waals surface area contributed by atoms with Crippen LogP contribution in [0.5, 0.6) is 0 Å². The van der Waals surface area contributed by atoms with Crippen molar-refractivity contribution >= 4 is 11.9 Å². The third-order valence-corrected chi connectivity index (χ3v) is 3.67. The second-order valence-electron chi connectivity index (χ2n) is 5.26. The van der Waals surface area contributed by atoms with E-state index in [4.69, 9.17) is 5.11 Å². The van der Waals surface area contributed by atoms with Crippen LogP contribution in [0.3, 0.4) is 0 Å². The lowest BCUT2D eigenvalue weighted by molar-refractivity contribution is -0.138. The zero-order valence-electron chi connectivity index (χ0n) is 11.4. The van der Waals surface area contributed by atoms with Crippen LogP contribution in [0, 0.1) is 11.7 Å². The Labute approximate surface area is 117 Å². The Morgan fingerprint density at radius 2 is 2.00 bits per heavy atom. The van der Waals surface area contributed by atoms with E-state index in [-0.39, 0.29) is 30.0 Å². The highest BCUT2D eigenvalue weighted by molar-refractivity contribution is 5.82. The van der Waals surface area contributed by atoms with Gasteiger partial charge in [0.2, 0.25) is 5.91 Å². The maximum Gasteiger partial charge on any atom is 0.303 e. The van der Waals surface area contributed by atoms with Gasteiger partial charge in [-0.2, -0.15) is 0 Å². The van der Waals surface area contributed by atoms with Crippen LogP contribution in [0.4, 0.5) is 4.39 Å². The number of rotatable bonds is 6. The number of carbonyl (C=O) groups is 2. The molecule has 1 aliphatic carbocycles. The second-order valence-corrected chi connectivity index (χ2v) is 5.26. The van der Waals surface area contributed by atoms with Gasteiger partial charge in [-0.05, 0) is 36.5 Å². The molecule has 0 aromatic heterocycles. The van der Waals surface area contributed by atoms with Gasteiger partial charge in [-0.1, -0.05) is 12.1 Å². The average molecular weight is 279 g/mol. The van der Waals surface area contributed by atoms with Crippen molar-refractivity contribution in [1.82, 2.24) is 4.90 Å². The van der Waals surface area contributed by atoms with Crippen molar-refractivity contribution < 1.29 is 19.1 Å². The topological polar surface area (TPSA) is 57.6 Å². The smallest absolute Gasteiger partial charge is 0.303 e. The molecule has 1 saturated carbocycles. The van der Waals surface area contributed by atoms with Crippen LogP contribution in [-0.2, 0) is 9.59 Å². The van der Waals surface area contributed by atoms with Gasteiger partial charge in [0.05, 0.1) is 0 Å². The van der Waals surface area contributed by atoms with E-state index < -0.39 is 5.97 Å². The maximum absolute atomic E-state index is 12.8. The van der Waals surface area contributed by atoms with Crippen molar-refractivity contribution in [3.63, 3.8) is 0 Å². The van der Waals surface area contributed by atoms with Crippen LogP contribution in [-0.4, -0.2) is 35.5 Å².